The van der Waals surface area contributed by atoms with E-state index in [1.807, 2.05) is 44.2 Å². The molecule has 0 aromatic heterocycles. The van der Waals surface area contributed by atoms with E-state index in [1.54, 1.807) is 6.92 Å². The zero-order valence-corrected chi connectivity index (χ0v) is 7.78. The van der Waals surface area contributed by atoms with Gasteiger partial charge in [0.05, 0.1) is 5.71 Å². The van der Waals surface area contributed by atoms with Crippen LogP contribution in [0.1, 0.15) is 26.3 Å². The number of hydrogen-bond donors (Lipinski definition) is 1. The zero-order valence-electron chi connectivity index (χ0n) is 7.78. The molecule has 0 unspecified atom stereocenters. The largest absolute Gasteiger partial charge is 0.411 e. The summed E-state index contributed by atoms with van der Waals surface area (Å²) in [5.41, 5.74) is 1.59. The van der Waals surface area contributed by atoms with E-state index in [0.717, 1.165) is 5.56 Å². The molecule has 66 valence electrons. The van der Waals surface area contributed by atoms with E-state index in [0.29, 0.717) is 5.71 Å². The summed E-state index contributed by atoms with van der Waals surface area (Å²) in [6, 6.07) is 9.53. The molecule has 1 rings (SSSR count). The first-order valence-electron chi connectivity index (χ1n) is 4.08. The SMILES string of the molecule is C/C(=N\O)c1ccccc1.CC. The average molecular weight is 165 g/mol. The van der Waals surface area contributed by atoms with Crippen molar-refractivity contribution in [2.45, 2.75) is 20.8 Å². The third kappa shape index (κ3) is 3.19. The molecule has 2 nitrogen and oxygen atoms in total. The van der Waals surface area contributed by atoms with E-state index in [1.165, 1.54) is 0 Å². The highest BCUT2D eigenvalue weighted by molar-refractivity contribution is 5.98. The van der Waals surface area contributed by atoms with Crippen LogP contribution in [-0.2, 0) is 0 Å². The fourth-order valence-electron chi connectivity index (χ4n) is 0.737. The molecule has 0 aliphatic heterocycles. The van der Waals surface area contributed by atoms with Crippen molar-refractivity contribution < 1.29 is 5.21 Å². The molecule has 2 heteroatoms. The molecule has 0 saturated heterocycles. The van der Waals surface area contributed by atoms with E-state index in [9.17, 15) is 0 Å². The van der Waals surface area contributed by atoms with Gasteiger partial charge in [-0.15, -0.1) is 0 Å². The van der Waals surface area contributed by atoms with Crippen LogP contribution in [-0.4, -0.2) is 10.9 Å². The topological polar surface area (TPSA) is 32.6 Å². The molecule has 0 spiro atoms. The lowest BCUT2D eigenvalue weighted by Gasteiger charge is -1.94. The molecule has 0 saturated carbocycles. The molecular formula is C10H15NO. The van der Waals surface area contributed by atoms with Gasteiger partial charge < -0.3 is 5.21 Å². The van der Waals surface area contributed by atoms with Gasteiger partial charge >= 0.3 is 0 Å². The third-order valence-corrected chi connectivity index (χ3v) is 1.34. The molecule has 12 heavy (non-hydrogen) atoms. The Labute approximate surface area is 73.5 Å². The summed E-state index contributed by atoms with van der Waals surface area (Å²) in [6.07, 6.45) is 0. The minimum atomic E-state index is 0.639. The summed E-state index contributed by atoms with van der Waals surface area (Å²) in [4.78, 5) is 0. The van der Waals surface area contributed by atoms with Crippen molar-refractivity contribution in [3.8, 4) is 0 Å². The van der Waals surface area contributed by atoms with Crippen LogP contribution < -0.4 is 0 Å². The molecule has 0 atom stereocenters. The molecule has 0 aliphatic carbocycles. The Morgan fingerprint density at radius 3 is 2.08 bits per heavy atom. The molecule has 0 amide bonds. The summed E-state index contributed by atoms with van der Waals surface area (Å²) in [5, 5.41) is 11.5. The highest BCUT2D eigenvalue weighted by Gasteiger charge is 1.92. The number of benzene rings is 1. The van der Waals surface area contributed by atoms with E-state index in [4.69, 9.17) is 5.21 Å². The van der Waals surface area contributed by atoms with Crippen LogP contribution >= 0.6 is 0 Å². The van der Waals surface area contributed by atoms with Gasteiger partial charge in [-0.2, -0.15) is 0 Å². The van der Waals surface area contributed by atoms with Crippen molar-refractivity contribution in [1.29, 1.82) is 0 Å². The van der Waals surface area contributed by atoms with Gasteiger partial charge in [-0.1, -0.05) is 49.3 Å². The predicted octanol–water partition coefficient (Wildman–Crippen LogP) is 2.91. The van der Waals surface area contributed by atoms with E-state index >= 15 is 0 Å². The number of nitrogens with zero attached hydrogens (tertiary/aromatic N) is 1. The van der Waals surface area contributed by atoms with Crippen LogP contribution in [0, 0.1) is 0 Å². The molecule has 0 heterocycles. The van der Waals surface area contributed by atoms with Gasteiger partial charge in [-0.3, -0.25) is 0 Å². The first-order chi connectivity index (χ1) is 5.84. The Morgan fingerprint density at radius 2 is 1.67 bits per heavy atom. The number of rotatable bonds is 1. The highest BCUT2D eigenvalue weighted by Crippen LogP contribution is 1.99. The minimum Gasteiger partial charge on any atom is -0.411 e. The fourth-order valence-corrected chi connectivity index (χ4v) is 0.737. The lowest BCUT2D eigenvalue weighted by molar-refractivity contribution is 0.319. The number of hydrogen-bond acceptors (Lipinski definition) is 2. The number of oxime groups is 1. The highest BCUT2D eigenvalue weighted by atomic mass is 16.4. The first kappa shape index (κ1) is 10.7. The van der Waals surface area contributed by atoms with Crippen LogP contribution in [0.3, 0.4) is 0 Å². The predicted molar refractivity (Wildman–Crippen MR) is 51.8 cm³/mol. The minimum absolute atomic E-state index is 0.639. The van der Waals surface area contributed by atoms with Crippen LogP contribution in [0.25, 0.3) is 0 Å². The van der Waals surface area contributed by atoms with Crippen LogP contribution in [0.15, 0.2) is 35.5 Å². The van der Waals surface area contributed by atoms with Crippen LogP contribution in [0.2, 0.25) is 0 Å². The standard InChI is InChI=1S/C8H9NO.C2H6/c1-7(9-10)8-5-3-2-4-6-8;1-2/h2-6,10H,1H3;1-2H3/b9-7+;. The molecule has 1 N–H and O–H groups in total. The molecule has 1 aromatic carbocycles. The maximum atomic E-state index is 8.38. The summed E-state index contributed by atoms with van der Waals surface area (Å²) < 4.78 is 0. The Kier molecular flexibility index (Phi) is 5.70. The van der Waals surface area contributed by atoms with Crippen LogP contribution in [0.4, 0.5) is 0 Å². The zero-order chi connectivity index (χ0) is 9.40. The van der Waals surface area contributed by atoms with Crippen molar-refractivity contribution in [2.24, 2.45) is 5.16 Å². The van der Waals surface area contributed by atoms with Crippen LogP contribution in [0.5, 0.6) is 0 Å². The average Bonchev–Trinajstić information content (AvgIpc) is 2.21. The van der Waals surface area contributed by atoms with E-state index in [-0.39, 0.29) is 0 Å². The second-order valence-electron chi connectivity index (χ2n) is 2.05. The Bertz CT molecular complexity index is 229. The smallest absolute Gasteiger partial charge is 0.0836 e. The second kappa shape index (κ2) is 6.40. The molecule has 1 aromatic rings. The summed E-state index contributed by atoms with van der Waals surface area (Å²) in [6.45, 7) is 5.76. The normalized spacial score (nSPS) is 10.1. The van der Waals surface area contributed by atoms with Gasteiger partial charge in [0.1, 0.15) is 0 Å². The summed E-state index contributed by atoms with van der Waals surface area (Å²) in [5.74, 6) is 0. The Hall–Kier alpha value is -1.31. The molecular weight excluding hydrogens is 150 g/mol. The molecule has 0 bridgehead atoms. The van der Waals surface area contributed by atoms with Crippen molar-refractivity contribution in [3.63, 3.8) is 0 Å². The monoisotopic (exact) mass is 165 g/mol. The van der Waals surface area contributed by atoms with Crippen molar-refractivity contribution >= 4 is 5.71 Å². The quantitative estimate of drug-likeness (QED) is 0.387. The maximum absolute atomic E-state index is 8.38. The third-order valence-electron chi connectivity index (χ3n) is 1.34. The van der Waals surface area contributed by atoms with Crippen molar-refractivity contribution in [2.75, 3.05) is 0 Å². The molecule has 0 aliphatic rings. The fraction of sp³-hybridized carbons (Fsp3) is 0.300. The van der Waals surface area contributed by atoms with E-state index in [2.05, 4.69) is 5.16 Å². The summed E-state index contributed by atoms with van der Waals surface area (Å²) in [7, 11) is 0. The van der Waals surface area contributed by atoms with Gasteiger partial charge in [-0.05, 0) is 12.5 Å². The maximum Gasteiger partial charge on any atom is 0.0836 e. The van der Waals surface area contributed by atoms with Crippen molar-refractivity contribution in [1.82, 2.24) is 0 Å². The van der Waals surface area contributed by atoms with Gasteiger partial charge in [-0.25, -0.2) is 0 Å². The Morgan fingerprint density at radius 1 is 1.17 bits per heavy atom. The lowest BCUT2D eigenvalue weighted by Crippen LogP contribution is -1.92. The van der Waals surface area contributed by atoms with Gasteiger partial charge in [0.15, 0.2) is 0 Å². The van der Waals surface area contributed by atoms with E-state index < -0.39 is 0 Å². The lowest BCUT2D eigenvalue weighted by atomic mass is 10.1. The van der Waals surface area contributed by atoms with Gasteiger partial charge in [0.25, 0.3) is 0 Å². The molecule has 0 fully saturated rings. The Balaban J connectivity index is 0.000000561. The van der Waals surface area contributed by atoms with Gasteiger partial charge in [0, 0.05) is 0 Å². The summed E-state index contributed by atoms with van der Waals surface area (Å²) >= 11 is 0. The second-order valence-corrected chi connectivity index (χ2v) is 2.05. The van der Waals surface area contributed by atoms with Gasteiger partial charge in [0.2, 0.25) is 0 Å². The first-order valence-corrected chi connectivity index (χ1v) is 4.08. The van der Waals surface area contributed by atoms with Crippen molar-refractivity contribution in [3.05, 3.63) is 35.9 Å². The molecule has 0 radical (unpaired) electrons.